The smallest absolute Gasteiger partial charge is 0.321 e. The average molecular weight is 454 g/mol. The van der Waals surface area contributed by atoms with Gasteiger partial charge in [-0.1, -0.05) is 17.7 Å². The highest BCUT2D eigenvalue weighted by Crippen LogP contribution is 2.17. The average Bonchev–Trinajstić information content (AvgIpc) is 3.16. The molecule has 0 aliphatic carbocycles. The molecule has 1 aliphatic heterocycles. The van der Waals surface area contributed by atoms with E-state index < -0.39 is 0 Å². The molecule has 0 radical (unpaired) electrons. The summed E-state index contributed by atoms with van der Waals surface area (Å²) in [6.07, 6.45) is 2.45. The van der Waals surface area contributed by atoms with Gasteiger partial charge in [0.2, 0.25) is 0 Å². The van der Waals surface area contributed by atoms with Crippen LogP contribution in [0.15, 0.2) is 60.8 Å². The Labute approximate surface area is 191 Å². The van der Waals surface area contributed by atoms with E-state index >= 15 is 0 Å². The number of hydrogen-bond donors (Lipinski definition) is 1. The lowest BCUT2D eigenvalue weighted by Gasteiger charge is -2.22. The van der Waals surface area contributed by atoms with E-state index in [1.807, 2.05) is 24.3 Å². The van der Waals surface area contributed by atoms with Gasteiger partial charge in [0.05, 0.1) is 12.8 Å². The first-order chi connectivity index (χ1) is 15.5. The third-order valence-corrected chi connectivity index (χ3v) is 5.53. The Bertz CT molecular complexity index is 1100. The van der Waals surface area contributed by atoms with Crippen molar-refractivity contribution in [2.45, 2.75) is 6.42 Å². The number of anilines is 1. The van der Waals surface area contributed by atoms with Crippen LogP contribution in [0, 0.1) is 0 Å². The molecule has 8 nitrogen and oxygen atoms in total. The van der Waals surface area contributed by atoms with Crippen LogP contribution in [0.4, 0.5) is 10.5 Å². The summed E-state index contributed by atoms with van der Waals surface area (Å²) >= 11 is 5.98. The van der Waals surface area contributed by atoms with Gasteiger partial charge in [0.15, 0.2) is 5.69 Å². The molecule has 1 saturated heterocycles. The minimum atomic E-state index is -0.203. The first-order valence-corrected chi connectivity index (χ1v) is 10.7. The number of amides is 3. The Morgan fingerprint density at radius 2 is 1.75 bits per heavy atom. The molecule has 0 saturated carbocycles. The first-order valence-electron chi connectivity index (χ1n) is 10.3. The molecule has 2 heterocycles. The molecule has 0 spiro atoms. The molecule has 0 bridgehead atoms. The second-order valence-corrected chi connectivity index (χ2v) is 7.85. The number of nitrogens with one attached hydrogen (secondary N) is 1. The summed E-state index contributed by atoms with van der Waals surface area (Å²) in [5, 5.41) is 7.86. The van der Waals surface area contributed by atoms with E-state index in [0.29, 0.717) is 49.0 Å². The minimum Gasteiger partial charge on any atom is -0.497 e. The summed E-state index contributed by atoms with van der Waals surface area (Å²) in [5.41, 5.74) is 1.85. The lowest BCUT2D eigenvalue weighted by molar-refractivity contribution is 0.0756. The number of carbonyl (C=O) groups excluding carboxylic acids is 2. The predicted molar refractivity (Wildman–Crippen MR) is 123 cm³/mol. The first kappa shape index (κ1) is 21.7. The lowest BCUT2D eigenvalue weighted by atomic mass is 10.3. The van der Waals surface area contributed by atoms with E-state index in [1.165, 1.54) is 0 Å². The van der Waals surface area contributed by atoms with Crippen LogP contribution in [0.3, 0.4) is 0 Å². The molecule has 3 aromatic rings. The molecule has 4 rings (SSSR count). The van der Waals surface area contributed by atoms with Crippen molar-refractivity contribution in [1.29, 1.82) is 0 Å². The van der Waals surface area contributed by atoms with E-state index in [4.69, 9.17) is 16.3 Å². The van der Waals surface area contributed by atoms with Gasteiger partial charge in [-0.25, -0.2) is 9.48 Å². The second-order valence-electron chi connectivity index (χ2n) is 7.42. The van der Waals surface area contributed by atoms with Crippen LogP contribution in [0.5, 0.6) is 5.75 Å². The normalized spacial score (nSPS) is 14.1. The Morgan fingerprint density at radius 3 is 2.50 bits per heavy atom. The maximum atomic E-state index is 13.0. The molecule has 2 aromatic carbocycles. The Kier molecular flexibility index (Phi) is 6.61. The molecule has 166 valence electrons. The summed E-state index contributed by atoms with van der Waals surface area (Å²) in [6.45, 7) is 2.01. The van der Waals surface area contributed by atoms with Gasteiger partial charge in [-0.2, -0.15) is 5.10 Å². The molecule has 0 unspecified atom stereocenters. The van der Waals surface area contributed by atoms with E-state index in [0.717, 1.165) is 11.4 Å². The zero-order valence-electron chi connectivity index (χ0n) is 17.7. The molecule has 3 amide bonds. The molecule has 1 aliphatic rings. The quantitative estimate of drug-likeness (QED) is 0.649. The highest BCUT2D eigenvalue weighted by molar-refractivity contribution is 6.30. The summed E-state index contributed by atoms with van der Waals surface area (Å²) in [5.74, 6) is 0.611. The minimum absolute atomic E-state index is 0.144. The van der Waals surface area contributed by atoms with Crippen molar-refractivity contribution in [1.82, 2.24) is 19.6 Å². The number of benzene rings is 2. The molecular weight excluding hydrogens is 430 g/mol. The van der Waals surface area contributed by atoms with Crippen molar-refractivity contribution in [3.05, 3.63) is 71.5 Å². The highest BCUT2D eigenvalue weighted by Gasteiger charge is 2.24. The van der Waals surface area contributed by atoms with Gasteiger partial charge >= 0.3 is 6.03 Å². The van der Waals surface area contributed by atoms with E-state index in [2.05, 4.69) is 10.4 Å². The summed E-state index contributed by atoms with van der Waals surface area (Å²) in [4.78, 5) is 29.1. The van der Waals surface area contributed by atoms with Gasteiger partial charge in [-0.3, -0.25) is 4.79 Å². The molecule has 0 atom stereocenters. The highest BCUT2D eigenvalue weighted by atomic mass is 35.5. The number of hydrogen-bond acceptors (Lipinski definition) is 4. The largest absolute Gasteiger partial charge is 0.497 e. The van der Waals surface area contributed by atoms with E-state index in [9.17, 15) is 9.59 Å². The van der Waals surface area contributed by atoms with Crippen LogP contribution in [0.2, 0.25) is 5.02 Å². The fraction of sp³-hybridized carbons (Fsp3) is 0.261. The molecular formula is C23H24ClN5O3. The Morgan fingerprint density at radius 1 is 1.00 bits per heavy atom. The number of urea groups is 1. The number of rotatable bonds is 4. The van der Waals surface area contributed by atoms with Gasteiger partial charge < -0.3 is 19.9 Å². The van der Waals surface area contributed by atoms with Crippen molar-refractivity contribution in [3.8, 4) is 11.4 Å². The van der Waals surface area contributed by atoms with E-state index in [-0.39, 0.29) is 11.9 Å². The molecule has 1 aromatic heterocycles. The second kappa shape index (κ2) is 9.74. The summed E-state index contributed by atoms with van der Waals surface area (Å²) in [6, 6.07) is 16.0. The molecule has 1 N–H and O–H groups in total. The van der Waals surface area contributed by atoms with Gasteiger partial charge in [0, 0.05) is 43.1 Å². The zero-order valence-corrected chi connectivity index (χ0v) is 18.5. The third-order valence-electron chi connectivity index (χ3n) is 5.29. The van der Waals surface area contributed by atoms with Crippen molar-refractivity contribution in [2.75, 3.05) is 38.6 Å². The molecule has 9 heteroatoms. The number of methoxy groups -OCH3 is 1. The lowest BCUT2D eigenvalue weighted by Crippen LogP contribution is -2.39. The maximum absolute atomic E-state index is 13.0. The fourth-order valence-corrected chi connectivity index (χ4v) is 3.76. The van der Waals surface area contributed by atoms with E-state index in [1.54, 1.807) is 58.1 Å². The van der Waals surface area contributed by atoms with Crippen molar-refractivity contribution in [3.63, 3.8) is 0 Å². The number of nitrogens with zero attached hydrogens (tertiary/aromatic N) is 4. The van der Waals surface area contributed by atoms with Crippen molar-refractivity contribution in [2.24, 2.45) is 0 Å². The topological polar surface area (TPSA) is 79.7 Å². The van der Waals surface area contributed by atoms with Crippen molar-refractivity contribution < 1.29 is 14.3 Å². The van der Waals surface area contributed by atoms with Gasteiger partial charge in [0.25, 0.3) is 5.91 Å². The van der Waals surface area contributed by atoms with Crippen LogP contribution in [-0.4, -0.2) is 64.8 Å². The van der Waals surface area contributed by atoms with Gasteiger partial charge in [0.1, 0.15) is 5.75 Å². The SMILES string of the molecule is COc1ccc(-n2ccc(C(=O)N3CCCN(C(=O)Nc4cccc(Cl)c4)CC3)n2)cc1. The van der Waals surface area contributed by atoms with Gasteiger partial charge in [-0.05, 0) is 55.0 Å². The standard InChI is InChI=1S/C23H24ClN5O3/c1-32-20-8-6-19(7-9-20)29-13-10-21(26-29)22(30)27-11-3-12-28(15-14-27)23(31)25-18-5-2-4-17(24)16-18/h2,4-10,13,16H,3,11-12,14-15H2,1H3,(H,25,31). The van der Waals surface area contributed by atoms with Crippen LogP contribution < -0.4 is 10.1 Å². The van der Waals surface area contributed by atoms with Crippen molar-refractivity contribution >= 4 is 29.2 Å². The van der Waals surface area contributed by atoms with Crippen LogP contribution in [0.1, 0.15) is 16.9 Å². The summed E-state index contributed by atoms with van der Waals surface area (Å²) in [7, 11) is 1.61. The van der Waals surface area contributed by atoms with Gasteiger partial charge in [-0.15, -0.1) is 0 Å². The van der Waals surface area contributed by atoms with Crippen LogP contribution >= 0.6 is 11.6 Å². The maximum Gasteiger partial charge on any atom is 0.321 e. The molecule has 32 heavy (non-hydrogen) atoms. The van der Waals surface area contributed by atoms with Crippen LogP contribution in [-0.2, 0) is 0 Å². The van der Waals surface area contributed by atoms with Crippen LogP contribution in [0.25, 0.3) is 5.69 Å². The summed E-state index contributed by atoms with van der Waals surface area (Å²) < 4.78 is 6.84. The Hall–Kier alpha value is -3.52. The fourth-order valence-electron chi connectivity index (χ4n) is 3.57. The molecule has 1 fully saturated rings. The third kappa shape index (κ3) is 5.03. The predicted octanol–water partition coefficient (Wildman–Crippen LogP) is 3.91. The number of aromatic nitrogens is 2. The Balaban J connectivity index is 1.37. The number of halogens is 1. The number of carbonyl (C=O) groups is 2. The zero-order chi connectivity index (χ0) is 22.5. The monoisotopic (exact) mass is 453 g/mol. The number of ether oxygens (including phenoxy) is 1.